The Bertz CT molecular complexity index is 419. The Labute approximate surface area is 110 Å². The van der Waals surface area contributed by atoms with E-state index in [1.165, 1.54) is 11.6 Å². The third kappa shape index (κ3) is 5.17. The van der Waals surface area contributed by atoms with Gasteiger partial charge in [0.05, 0.1) is 0 Å². The van der Waals surface area contributed by atoms with E-state index in [1.807, 2.05) is 32.9 Å². The summed E-state index contributed by atoms with van der Waals surface area (Å²) in [6, 6.07) is 8.19. The van der Waals surface area contributed by atoms with Crippen molar-refractivity contribution in [3.05, 3.63) is 41.5 Å². The number of carbonyl (C=O) groups is 1. The molecule has 98 valence electrons. The van der Waals surface area contributed by atoms with E-state index >= 15 is 0 Å². The van der Waals surface area contributed by atoms with Crippen molar-refractivity contribution >= 4 is 12.0 Å². The highest BCUT2D eigenvalue weighted by atomic mass is 16.6. The molecular formula is C16H22O2. The van der Waals surface area contributed by atoms with Crippen LogP contribution in [0.3, 0.4) is 0 Å². The van der Waals surface area contributed by atoms with Gasteiger partial charge in [0.2, 0.25) is 0 Å². The van der Waals surface area contributed by atoms with Crippen molar-refractivity contribution in [2.45, 2.75) is 46.1 Å². The Hall–Kier alpha value is -1.57. The highest BCUT2D eigenvalue weighted by Crippen LogP contribution is 2.15. The van der Waals surface area contributed by atoms with E-state index in [2.05, 4.69) is 26.0 Å². The van der Waals surface area contributed by atoms with Crippen molar-refractivity contribution in [1.29, 1.82) is 0 Å². The molecule has 1 aromatic rings. The summed E-state index contributed by atoms with van der Waals surface area (Å²) in [6.45, 7) is 9.89. The van der Waals surface area contributed by atoms with Gasteiger partial charge in [0, 0.05) is 6.08 Å². The smallest absolute Gasteiger partial charge is 0.331 e. The number of ether oxygens (including phenoxy) is 1. The van der Waals surface area contributed by atoms with E-state index in [4.69, 9.17) is 4.74 Å². The second-order valence-electron chi connectivity index (χ2n) is 5.69. The zero-order valence-electron chi connectivity index (χ0n) is 11.9. The molecule has 0 spiro atoms. The summed E-state index contributed by atoms with van der Waals surface area (Å²) < 4.78 is 5.20. The first-order valence-corrected chi connectivity index (χ1v) is 6.29. The van der Waals surface area contributed by atoms with Crippen molar-refractivity contribution in [3.8, 4) is 0 Å². The lowest BCUT2D eigenvalue weighted by Crippen LogP contribution is -2.22. The summed E-state index contributed by atoms with van der Waals surface area (Å²) in [7, 11) is 0. The molecule has 1 rings (SSSR count). The zero-order chi connectivity index (χ0) is 13.8. The van der Waals surface area contributed by atoms with Gasteiger partial charge in [-0.1, -0.05) is 38.1 Å². The fraction of sp³-hybridized carbons (Fsp3) is 0.438. The van der Waals surface area contributed by atoms with Crippen molar-refractivity contribution in [1.82, 2.24) is 0 Å². The van der Waals surface area contributed by atoms with Gasteiger partial charge in [-0.15, -0.1) is 0 Å². The summed E-state index contributed by atoms with van der Waals surface area (Å²) in [5.74, 6) is 0.212. The number of carbonyl (C=O) groups excluding carboxylic acids is 1. The third-order valence-electron chi connectivity index (χ3n) is 2.42. The van der Waals surface area contributed by atoms with E-state index in [0.29, 0.717) is 5.92 Å². The van der Waals surface area contributed by atoms with Gasteiger partial charge in [-0.05, 0) is 43.9 Å². The largest absolute Gasteiger partial charge is 0.457 e. The number of rotatable bonds is 3. The molecule has 0 saturated carbocycles. The van der Waals surface area contributed by atoms with Crippen LogP contribution in [-0.2, 0) is 9.53 Å². The van der Waals surface area contributed by atoms with E-state index in [-0.39, 0.29) is 5.97 Å². The highest BCUT2D eigenvalue weighted by Gasteiger charge is 2.13. The summed E-state index contributed by atoms with van der Waals surface area (Å²) >= 11 is 0. The zero-order valence-corrected chi connectivity index (χ0v) is 11.9. The minimum absolute atomic E-state index is 0.310. The van der Waals surface area contributed by atoms with Crippen molar-refractivity contribution < 1.29 is 9.53 Å². The maximum atomic E-state index is 11.5. The van der Waals surface area contributed by atoms with Crippen LogP contribution in [-0.4, -0.2) is 11.6 Å². The lowest BCUT2D eigenvalue weighted by Gasteiger charge is -2.17. The Morgan fingerprint density at radius 3 is 2.17 bits per heavy atom. The van der Waals surface area contributed by atoms with Crippen LogP contribution >= 0.6 is 0 Å². The quantitative estimate of drug-likeness (QED) is 0.591. The van der Waals surface area contributed by atoms with E-state index in [0.717, 1.165) is 5.56 Å². The minimum atomic E-state index is -0.442. The van der Waals surface area contributed by atoms with Crippen LogP contribution < -0.4 is 0 Å². The number of hydrogen-bond acceptors (Lipinski definition) is 2. The van der Waals surface area contributed by atoms with Crippen LogP contribution in [0, 0.1) is 0 Å². The molecule has 0 saturated heterocycles. The van der Waals surface area contributed by atoms with Crippen LogP contribution in [0.2, 0.25) is 0 Å². The highest BCUT2D eigenvalue weighted by molar-refractivity contribution is 5.87. The Balaban J connectivity index is 2.65. The molecule has 0 bridgehead atoms. The maximum Gasteiger partial charge on any atom is 0.331 e. The Kier molecular flexibility index (Phi) is 4.71. The Morgan fingerprint density at radius 2 is 1.72 bits per heavy atom. The average molecular weight is 246 g/mol. The van der Waals surface area contributed by atoms with Gasteiger partial charge < -0.3 is 4.74 Å². The molecule has 2 nitrogen and oxygen atoms in total. The molecule has 0 fully saturated rings. The topological polar surface area (TPSA) is 26.3 Å². The lowest BCUT2D eigenvalue weighted by molar-refractivity contribution is -0.148. The maximum absolute atomic E-state index is 11.5. The lowest BCUT2D eigenvalue weighted by atomic mass is 10.0. The van der Waals surface area contributed by atoms with E-state index in [9.17, 15) is 4.79 Å². The summed E-state index contributed by atoms with van der Waals surface area (Å²) in [4.78, 5) is 11.5. The third-order valence-corrected chi connectivity index (χ3v) is 2.42. The Morgan fingerprint density at radius 1 is 1.17 bits per heavy atom. The van der Waals surface area contributed by atoms with Gasteiger partial charge in [0.25, 0.3) is 0 Å². The van der Waals surface area contributed by atoms with Crippen LogP contribution in [0.1, 0.15) is 51.7 Å². The molecule has 18 heavy (non-hydrogen) atoms. The van der Waals surface area contributed by atoms with Crippen LogP contribution in [0.15, 0.2) is 30.3 Å². The van der Waals surface area contributed by atoms with E-state index in [1.54, 1.807) is 6.08 Å². The molecule has 0 aliphatic heterocycles. The van der Waals surface area contributed by atoms with Crippen molar-refractivity contribution in [3.63, 3.8) is 0 Å². The molecule has 0 radical (unpaired) electrons. The van der Waals surface area contributed by atoms with Gasteiger partial charge in [-0.2, -0.15) is 0 Å². The first kappa shape index (κ1) is 14.5. The standard InChI is InChI=1S/C16H22O2/c1-12(2)14-9-6-13(7-10-14)8-11-15(17)18-16(3,4)5/h6-12H,1-5H3/b11-8+. The molecule has 0 unspecified atom stereocenters. The molecule has 0 amide bonds. The van der Waals surface area contributed by atoms with Crippen molar-refractivity contribution in [2.24, 2.45) is 0 Å². The minimum Gasteiger partial charge on any atom is -0.457 e. The van der Waals surface area contributed by atoms with Gasteiger partial charge in [-0.3, -0.25) is 0 Å². The monoisotopic (exact) mass is 246 g/mol. The number of hydrogen-bond donors (Lipinski definition) is 0. The second-order valence-corrected chi connectivity index (χ2v) is 5.69. The van der Waals surface area contributed by atoms with Gasteiger partial charge >= 0.3 is 5.97 Å². The van der Waals surface area contributed by atoms with Gasteiger partial charge in [0.15, 0.2) is 0 Å². The van der Waals surface area contributed by atoms with Crippen LogP contribution in [0.25, 0.3) is 6.08 Å². The molecular weight excluding hydrogens is 224 g/mol. The normalized spacial score (nSPS) is 12.1. The SMILES string of the molecule is CC(C)c1ccc(/C=C/C(=O)OC(C)(C)C)cc1. The molecule has 0 N–H and O–H groups in total. The molecule has 1 aromatic carbocycles. The summed E-state index contributed by atoms with van der Waals surface area (Å²) in [5, 5.41) is 0. The van der Waals surface area contributed by atoms with E-state index < -0.39 is 5.60 Å². The second kappa shape index (κ2) is 5.85. The molecule has 0 atom stereocenters. The molecule has 2 heteroatoms. The molecule has 0 heterocycles. The fourth-order valence-corrected chi connectivity index (χ4v) is 1.49. The predicted octanol–water partition coefficient (Wildman–Crippen LogP) is 4.16. The first-order valence-electron chi connectivity index (χ1n) is 6.29. The predicted molar refractivity (Wildman–Crippen MR) is 75.4 cm³/mol. The number of benzene rings is 1. The fourth-order valence-electron chi connectivity index (χ4n) is 1.49. The molecule has 0 aliphatic carbocycles. The van der Waals surface area contributed by atoms with Gasteiger partial charge in [-0.25, -0.2) is 4.79 Å². The summed E-state index contributed by atoms with van der Waals surface area (Å²) in [6.07, 6.45) is 3.24. The molecule has 0 aliphatic rings. The first-order chi connectivity index (χ1) is 8.28. The number of esters is 1. The van der Waals surface area contributed by atoms with Crippen LogP contribution in [0.5, 0.6) is 0 Å². The molecule has 0 aromatic heterocycles. The van der Waals surface area contributed by atoms with Gasteiger partial charge in [0.1, 0.15) is 5.60 Å². The summed E-state index contributed by atoms with van der Waals surface area (Å²) in [5.41, 5.74) is 1.86. The van der Waals surface area contributed by atoms with Crippen molar-refractivity contribution in [2.75, 3.05) is 0 Å². The average Bonchev–Trinajstić information content (AvgIpc) is 2.24. The van der Waals surface area contributed by atoms with Crippen LogP contribution in [0.4, 0.5) is 0 Å².